The van der Waals surface area contributed by atoms with E-state index in [1.807, 2.05) is 12.1 Å². The van der Waals surface area contributed by atoms with Gasteiger partial charge in [-0.2, -0.15) is 0 Å². The van der Waals surface area contributed by atoms with Crippen LogP contribution in [0.3, 0.4) is 0 Å². The van der Waals surface area contributed by atoms with Crippen molar-refractivity contribution in [2.24, 2.45) is 0 Å². The van der Waals surface area contributed by atoms with E-state index >= 15 is 0 Å². The van der Waals surface area contributed by atoms with Gasteiger partial charge in [-0.3, -0.25) is 9.59 Å². The molecule has 6 heteroatoms. The Morgan fingerprint density at radius 3 is 1.47 bits per heavy atom. The average molecular weight is 467 g/mol. The molecular formula is C28H42N4O2. The summed E-state index contributed by atoms with van der Waals surface area (Å²) in [4.78, 5) is 29.1. The van der Waals surface area contributed by atoms with Gasteiger partial charge >= 0.3 is 0 Å². The molecule has 0 radical (unpaired) electrons. The highest BCUT2D eigenvalue weighted by molar-refractivity contribution is 5.27. The Balaban J connectivity index is 0.996. The highest BCUT2D eigenvalue weighted by Crippen LogP contribution is 2.28. The van der Waals surface area contributed by atoms with E-state index in [1.165, 1.54) is 75.3 Å². The first-order chi connectivity index (χ1) is 16.7. The van der Waals surface area contributed by atoms with Crippen molar-refractivity contribution < 1.29 is 0 Å². The zero-order chi connectivity index (χ0) is 23.6. The fourth-order valence-electron chi connectivity index (χ4n) is 5.69. The molecule has 0 amide bonds. The molecule has 0 bridgehead atoms. The number of aryl methyl sites for hydroxylation is 2. The van der Waals surface area contributed by atoms with Gasteiger partial charge in [0.15, 0.2) is 0 Å². The van der Waals surface area contributed by atoms with Gasteiger partial charge in [0.1, 0.15) is 0 Å². The van der Waals surface area contributed by atoms with E-state index in [4.69, 9.17) is 0 Å². The van der Waals surface area contributed by atoms with Gasteiger partial charge in [0.05, 0.1) is 0 Å². The third kappa shape index (κ3) is 7.16. The second-order valence-corrected chi connectivity index (χ2v) is 10.1. The van der Waals surface area contributed by atoms with Crippen molar-refractivity contribution in [2.45, 2.75) is 102 Å². The summed E-state index contributed by atoms with van der Waals surface area (Å²) in [5.74, 6) is 0. The quantitative estimate of drug-likeness (QED) is 0.319. The lowest BCUT2D eigenvalue weighted by Crippen LogP contribution is -2.28. The molecule has 2 aliphatic carbocycles. The Bertz CT molecular complexity index is 930. The predicted molar refractivity (Wildman–Crippen MR) is 138 cm³/mol. The van der Waals surface area contributed by atoms with Crippen LogP contribution in [0, 0.1) is 0 Å². The van der Waals surface area contributed by atoms with Crippen LogP contribution in [0.4, 0.5) is 0 Å². The molecule has 0 spiro atoms. The van der Waals surface area contributed by atoms with Crippen LogP contribution in [-0.2, 0) is 12.8 Å². The van der Waals surface area contributed by atoms with Crippen molar-refractivity contribution in [1.82, 2.24) is 20.6 Å². The zero-order valence-corrected chi connectivity index (χ0v) is 20.6. The molecule has 34 heavy (non-hydrogen) atoms. The predicted octanol–water partition coefficient (Wildman–Crippen LogP) is 4.82. The molecule has 0 aromatic carbocycles. The normalized spacial score (nSPS) is 19.5. The molecule has 4 N–H and O–H groups in total. The molecule has 0 saturated heterocycles. The second-order valence-electron chi connectivity index (χ2n) is 10.1. The van der Waals surface area contributed by atoms with Crippen molar-refractivity contribution in [3.8, 4) is 0 Å². The first kappa shape index (κ1) is 24.9. The maximum Gasteiger partial charge on any atom is 0.248 e. The lowest BCUT2D eigenvalue weighted by molar-refractivity contribution is 0.438. The largest absolute Gasteiger partial charge is 0.326 e. The molecule has 4 rings (SSSR count). The minimum atomic E-state index is 0.0179. The summed E-state index contributed by atoms with van der Waals surface area (Å²) in [7, 11) is 0. The summed E-state index contributed by atoms with van der Waals surface area (Å²) in [5.41, 5.74) is 4.89. The Kier molecular flexibility index (Phi) is 9.57. The van der Waals surface area contributed by atoms with E-state index in [0.717, 1.165) is 50.2 Å². The number of rotatable bonds is 13. The highest BCUT2D eigenvalue weighted by atomic mass is 16.1. The molecule has 186 valence electrons. The van der Waals surface area contributed by atoms with Crippen LogP contribution in [0.1, 0.15) is 112 Å². The van der Waals surface area contributed by atoms with Crippen molar-refractivity contribution >= 4 is 0 Å². The smallest absolute Gasteiger partial charge is 0.248 e. The standard InChI is InChI=1S/C28H42N4O2/c33-27-17-15-21-23(11-9-13-25(21)31-27)29-19-7-5-3-1-2-4-6-8-20-30-24-12-10-14-26-22(24)16-18-28(34)32-26/h15-18,23-24,29-30H,1-14,19-20H2,(H,31,33)(H,32,34)/t23-,24-/m1/s1. The Morgan fingerprint density at radius 1 is 0.618 bits per heavy atom. The number of hydrogen-bond acceptors (Lipinski definition) is 4. The van der Waals surface area contributed by atoms with E-state index in [-0.39, 0.29) is 11.1 Å². The number of fused-ring (bicyclic) bond motifs is 2. The molecule has 6 nitrogen and oxygen atoms in total. The maximum absolute atomic E-state index is 11.5. The maximum atomic E-state index is 11.5. The molecule has 0 fully saturated rings. The molecule has 2 aromatic rings. The molecule has 0 saturated carbocycles. The fraction of sp³-hybridized carbons (Fsp3) is 0.643. The molecule has 0 unspecified atom stereocenters. The van der Waals surface area contributed by atoms with Gasteiger partial charge in [-0.15, -0.1) is 0 Å². The number of aromatic nitrogens is 2. The van der Waals surface area contributed by atoms with Gasteiger partial charge in [-0.1, -0.05) is 50.7 Å². The van der Waals surface area contributed by atoms with Gasteiger partial charge in [-0.25, -0.2) is 0 Å². The summed E-state index contributed by atoms with van der Waals surface area (Å²) in [6.07, 6.45) is 17.0. The third-order valence-electron chi connectivity index (χ3n) is 7.55. The SMILES string of the molecule is O=c1ccc2c([nH]1)CCC[C@H]2NCCCCCCCCCCN[C@@H]1CCCc2[nH]c(=O)ccc21. The topological polar surface area (TPSA) is 89.8 Å². The van der Waals surface area contributed by atoms with Crippen molar-refractivity contribution in [2.75, 3.05) is 13.1 Å². The molecule has 2 atom stereocenters. The number of H-pyrrole nitrogens is 2. The summed E-state index contributed by atoms with van der Waals surface area (Å²) in [6, 6.07) is 8.14. The van der Waals surface area contributed by atoms with Crippen LogP contribution in [0.2, 0.25) is 0 Å². The number of nitrogens with one attached hydrogen (secondary N) is 4. The van der Waals surface area contributed by atoms with E-state index in [9.17, 15) is 9.59 Å². The number of pyridine rings is 2. The van der Waals surface area contributed by atoms with Gasteiger partial charge in [0.25, 0.3) is 0 Å². The highest BCUT2D eigenvalue weighted by Gasteiger charge is 2.21. The first-order valence-corrected chi connectivity index (χ1v) is 13.6. The van der Waals surface area contributed by atoms with Crippen LogP contribution in [0.25, 0.3) is 0 Å². The zero-order valence-electron chi connectivity index (χ0n) is 20.6. The third-order valence-corrected chi connectivity index (χ3v) is 7.55. The van der Waals surface area contributed by atoms with Gasteiger partial charge in [0.2, 0.25) is 11.1 Å². The fourth-order valence-corrected chi connectivity index (χ4v) is 5.69. The molecule has 0 aliphatic heterocycles. The average Bonchev–Trinajstić information content (AvgIpc) is 2.84. The summed E-state index contributed by atoms with van der Waals surface area (Å²) >= 11 is 0. The van der Waals surface area contributed by atoms with E-state index in [0.29, 0.717) is 12.1 Å². The summed E-state index contributed by atoms with van der Waals surface area (Å²) < 4.78 is 0. The van der Waals surface area contributed by atoms with Crippen LogP contribution >= 0.6 is 0 Å². The summed E-state index contributed by atoms with van der Waals surface area (Å²) in [5, 5.41) is 7.42. The van der Waals surface area contributed by atoms with Crippen LogP contribution in [0.5, 0.6) is 0 Å². The van der Waals surface area contributed by atoms with Crippen LogP contribution in [0.15, 0.2) is 33.9 Å². The van der Waals surface area contributed by atoms with Gasteiger partial charge in [0, 0.05) is 35.6 Å². The number of hydrogen-bond donors (Lipinski definition) is 4. The van der Waals surface area contributed by atoms with Crippen molar-refractivity contribution in [3.63, 3.8) is 0 Å². The lowest BCUT2D eigenvalue weighted by Gasteiger charge is -2.26. The van der Waals surface area contributed by atoms with E-state index in [1.54, 1.807) is 12.1 Å². The molecular weight excluding hydrogens is 424 g/mol. The van der Waals surface area contributed by atoms with Crippen LogP contribution < -0.4 is 21.8 Å². The second kappa shape index (κ2) is 13.1. The first-order valence-electron chi connectivity index (χ1n) is 13.6. The van der Waals surface area contributed by atoms with Crippen LogP contribution in [-0.4, -0.2) is 23.1 Å². The lowest BCUT2D eigenvalue weighted by atomic mass is 9.91. The van der Waals surface area contributed by atoms with E-state index in [2.05, 4.69) is 20.6 Å². The molecule has 2 aliphatic rings. The Hall–Kier alpha value is -2.18. The van der Waals surface area contributed by atoms with Gasteiger partial charge < -0.3 is 20.6 Å². The van der Waals surface area contributed by atoms with Crippen molar-refractivity contribution in [3.05, 3.63) is 67.5 Å². The molecule has 2 aromatic heterocycles. The Labute approximate surface area is 203 Å². The number of aromatic amines is 2. The summed E-state index contributed by atoms with van der Waals surface area (Å²) in [6.45, 7) is 2.13. The monoisotopic (exact) mass is 466 g/mol. The molecule has 2 heterocycles. The van der Waals surface area contributed by atoms with Crippen molar-refractivity contribution in [1.29, 1.82) is 0 Å². The van der Waals surface area contributed by atoms with E-state index < -0.39 is 0 Å². The van der Waals surface area contributed by atoms with Gasteiger partial charge in [-0.05, 0) is 75.6 Å². The Morgan fingerprint density at radius 2 is 1.03 bits per heavy atom. The minimum absolute atomic E-state index is 0.0179. The number of unbranched alkanes of at least 4 members (excludes halogenated alkanes) is 7. The minimum Gasteiger partial charge on any atom is -0.326 e.